The van der Waals surface area contributed by atoms with Gasteiger partial charge in [0.15, 0.2) is 4.32 Å². The van der Waals surface area contributed by atoms with Gasteiger partial charge in [-0.1, -0.05) is 47.7 Å². The molecule has 1 aliphatic heterocycles. The number of benzene rings is 2. The summed E-state index contributed by atoms with van der Waals surface area (Å²) in [5.74, 6) is 0.607. The lowest BCUT2D eigenvalue weighted by atomic mass is 10.2. The SMILES string of the molecule is COc1ccc(N2C(=O)C(=Cc3ccc(Cl)cc3)SC2=S)cc1. The third kappa shape index (κ3) is 3.42. The Balaban J connectivity index is 1.88. The van der Waals surface area contributed by atoms with Crippen molar-refractivity contribution in [2.45, 2.75) is 0 Å². The van der Waals surface area contributed by atoms with Gasteiger partial charge in [0.2, 0.25) is 0 Å². The first-order valence-corrected chi connectivity index (χ1v) is 8.36. The second kappa shape index (κ2) is 6.74. The van der Waals surface area contributed by atoms with Crippen LogP contribution in [0.2, 0.25) is 5.02 Å². The standard InChI is InChI=1S/C17H12ClNO2S2/c1-21-14-8-6-13(7-9-14)19-16(20)15(23-17(19)22)10-11-2-4-12(18)5-3-11/h2-10H,1H3. The number of carbonyl (C=O) groups excluding carboxylic acids is 1. The zero-order chi connectivity index (χ0) is 16.4. The Morgan fingerprint density at radius 1 is 1.13 bits per heavy atom. The molecular formula is C17H12ClNO2S2. The van der Waals surface area contributed by atoms with E-state index in [0.717, 1.165) is 17.0 Å². The quantitative estimate of drug-likeness (QED) is 0.582. The van der Waals surface area contributed by atoms with Crippen molar-refractivity contribution in [2.75, 3.05) is 12.0 Å². The number of thioether (sulfide) groups is 1. The first-order valence-electron chi connectivity index (χ1n) is 6.76. The van der Waals surface area contributed by atoms with Crippen LogP contribution in [0.4, 0.5) is 5.69 Å². The van der Waals surface area contributed by atoms with Crippen molar-refractivity contribution in [3.63, 3.8) is 0 Å². The van der Waals surface area contributed by atoms with Crippen LogP contribution < -0.4 is 9.64 Å². The van der Waals surface area contributed by atoms with E-state index in [1.807, 2.05) is 30.3 Å². The highest BCUT2D eigenvalue weighted by Gasteiger charge is 2.33. The Kier molecular flexibility index (Phi) is 4.71. The molecule has 0 unspecified atom stereocenters. The minimum atomic E-state index is -0.125. The molecule has 3 rings (SSSR count). The fourth-order valence-corrected chi connectivity index (χ4v) is 3.56. The van der Waals surface area contributed by atoms with E-state index in [9.17, 15) is 4.79 Å². The molecule has 3 nitrogen and oxygen atoms in total. The molecule has 1 aliphatic rings. The summed E-state index contributed by atoms with van der Waals surface area (Å²) in [7, 11) is 1.60. The van der Waals surface area contributed by atoms with Crippen LogP contribution in [0.1, 0.15) is 5.56 Å². The average Bonchev–Trinajstić information content (AvgIpc) is 2.84. The van der Waals surface area contributed by atoms with Crippen molar-refractivity contribution in [1.29, 1.82) is 0 Å². The molecule has 6 heteroatoms. The van der Waals surface area contributed by atoms with Gasteiger partial charge in [-0.25, -0.2) is 0 Å². The monoisotopic (exact) mass is 361 g/mol. The molecular weight excluding hydrogens is 350 g/mol. The van der Waals surface area contributed by atoms with E-state index in [1.54, 1.807) is 31.4 Å². The Hall–Kier alpha value is -1.82. The first kappa shape index (κ1) is 16.1. The van der Waals surface area contributed by atoms with Gasteiger partial charge in [0.1, 0.15) is 5.75 Å². The number of ether oxygens (including phenoxy) is 1. The summed E-state index contributed by atoms with van der Waals surface area (Å²) in [4.78, 5) is 14.8. The summed E-state index contributed by atoms with van der Waals surface area (Å²) in [6.07, 6.45) is 1.82. The van der Waals surface area contributed by atoms with E-state index in [2.05, 4.69) is 0 Å². The molecule has 0 bridgehead atoms. The summed E-state index contributed by atoms with van der Waals surface area (Å²) in [6, 6.07) is 14.5. The number of amides is 1. The van der Waals surface area contributed by atoms with Crippen molar-refractivity contribution in [2.24, 2.45) is 0 Å². The van der Waals surface area contributed by atoms with E-state index in [0.29, 0.717) is 14.2 Å². The molecule has 2 aromatic rings. The average molecular weight is 362 g/mol. The molecule has 1 saturated heterocycles. The lowest BCUT2D eigenvalue weighted by Crippen LogP contribution is -2.27. The molecule has 0 spiro atoms. The molecule has 116 valence electrons. The molecule has 0 aliphatic carbocycles. The summed E-state index contributed by atoms with van der Waals surface area (Å²) in [6.45, 7) is 0. The minimum Gasteiger partial charge on any atom is -0.497 e. The largest absolute Gasteiger partial charge is 0.497 e. The fraction of sp³-hybridized carbons (Fsp3) is 0.0588. The van der Waals surface area contributed by atoms with Crippen molar-refractivity contribution in [3.05, 3.63) is 64.0 Å². The Bertz CT molecular complexity index is 785. The third-order valence-corrected chi connectivity index (χ3v) is 4.85. The highest BCUT2D eigenvalue weighted by molar-refractivity contribution is 8.27. The number of anilines is 1. The van der Waals surface area contributed by atoms with E-state index < -0.39 is 0 Å². The van der Waals surface area contributed by atoms with Crippen LogP contribution in [0, 0.1) is 0 Å². The summed E-state index contributed by atoms with van der Waals surface area (Å²) < 4.78 is 5.65. The molecule has 1 amide bonds. The van der Waals surface area contributed by atoms with Crippen LogP contribution in [0.25, 0.3) is 6.08 Å². The van der Waals surface area contributed by atoms with Crippen molar-refractivity contribution in [3.8, 4) is 5.75 Å². The second-order valence-corrected chi connectivity index (χ2v) is 6.88. The summed E-state index contributed by atoms with van der Waals surface area (Å²) in [5.41, 5.74) is 1.64. The van der Waals surface area contributed by atoms with Crippen LogP contribution in [0.15, 0.2) is 53.4 Å². The van der Waals surface area contributed by atoms with E-state index >= 15 is 0 Å². The molecule has 2 aromatic carbocycles. The molecule has 0 atom stereocenters. The topological polar surface area (TPSA) is 29.5 Å². The number of nitrogens with zero attached hydrogens (tertiary/aromatic N) is 1. The number of hydrogen-bond acceptors (Lipinski definition) is 4. The van der Waals surface area contributed by atoms with Gasteiger partial charge in [-0.15, -0.1) is 0 Å². The van der Waals surface area contributed by atoms with Crippen molar-refractivity contribution >= 4 is 57.6 Å². The predicted molar refractivity (Wildman–Crippen MR) is 100 cm³/mol. The van der Waals surface area contributed by atoms with Crippen LogP contribution in [0.3, 0.4) is 0 Å². The number of halogens is 1. The normalized spacial score (nSPS) is 16.3. The number of methoxy groups -OCH3 is 1. The van der Waals surface area contributed by atoms with Crippen LogP contribution in [-0.2, 0) is 4.79 Å². The number of rotatable bonds is 3. The highest BCUT2D eigenvalue weighted by Crippen LogP contribution is 2.36. The Morgan fingerprint density at radius 3 is 2.39 bits per heavy atom. The zero-order valence-corrected chi connectivity index (χ0v) is 14.5. The molecule has 0 aromatic heterocycles. The van der Waals surface area contributed by atoms with E-state index in [-0.39, 0.29) is 5.91 Å². The Morgan fingerprint density at radius 2 is 1.78 bits per heavy atom. The first-order chi connectivity index (χ1) is 11.1. The third-order valence-electron chi connectivity index (χ3n) is 3.29. The number of hydrogen-bond donors (Lipinski definition) is 0. The van der Waals surface area contributed by atoms with Crippen molar-refractivity contribution in [1.82, 2.24) is 0 Å². The predicted octanol–water partition coefficient (Wildman–Crippen LogP) is 4.75. The zero-order valence-electron chi connectivity index (χ0n) is 12.2. The van der Waals surface area contributed by atoms with Crippen LogP contribution in [-0.4, -0.2) is 17.3 Å². The van der Waals surface area contributed by atoms with Crippen LogP contribution in [0.5, 0.6) is 5.75 Å². The van der Waals surface area contributed by atoms with Crippen LogP contribution >= 0.6 is 35.6 Å². The van der Waals surface area contributed by atoms with Gasteiger partial charge in [-0.2, -0.15) is 0 Å². The fourth-order valence-electron chi connectivity index (χ4n) is 2.13. The Labute approximate surface area is 148 Å². The molecule has 1 heterocycles. The molecule has 0 radical (unpaired) electrons. The van der Waals surface area contributed by atoms with Gasteiger partial charge in [-0.05, 0) is 48.0 Å². The summed E-state index contributed by atoms with van der Waals surface area (Å²) >= 11 is 12.5. The number of carbonyl (C=O) groups is 1. The van der Waals surface area contributed by atoms with E-state index in [1.165, 1.54) is 16.7 Å². The highest BCUT2D eigenvalue weighted by atomic mass is 35.5. The molecule has 0 N–H and O–H groups in total. The maximum absolute atomic E-state index is 12.6. The number of thiocarbonyl (C=S) groups is 1. The molecule has 23 heavy (non-hydrogen) atoms. The smallest absolute Gasteiger partial charge is 0.270 e. The minimum absolute atomic E-state index is 0.125. The lowest BCUT2D eigenvalue weighted by molar-refractivity contribution is -0.113. The van der Waals surface area contributed by atoms with Gasteiger partial charge in [-0.3, -0.25) is 9.69 Å². The van der Waals surface area contributed by atoms with E-state index in [4.69, 9.17) is 28.6 Å². The molecule has 0 saturated carbocycles. The second-order valence-electron chi connectivity index (χ2n) is 4.77. The van der Waals surface area contributed by atoms with Gasteiger partial charge in [0.25, 0.3) is 5.91 Å². The van der Waals surface area contributed by atoms with Crippen molar-refractivity contribution < 1.29 is 9.53 Å². The lowest BCUT2D eigenvalue weighted by Gasteiger charge is -2.14. The van der Waals surface area contributed by atoms with Gasteiger partial charge >= 0.3 is 0 Å². The summed E-state index contributed by atoms with van der Waals surface area (Å²) in [5, 5.41) is 0.660. The van der Waals surface area contributed by atoms with Gasteiger partial charge in [0.05, 0.1) is 17.7 Å². The van der Waals surface area contributed by atoms with Gasteiger partial charge in [0, 0.05) is 5.02 Å². The maximum atomic E-state index is 12.6. The maximum Gasteiger partial charge on any atom is 0.270 e. The molecule has 1 fully saturated rings. The van der Waals surface area contributed by atoms with Gasteiger partial charge < -0.3 is 4.74 Å².